The number of benzene rings is 4. The fourth-order valence-corrected chi connectivity index (χ4v) is 6.83. The van der Waals surface area contributed by atoms with Gasteiger partial charge in [-0.25, -0.2) is 0 Å². The lowest BCUT2D eigenvalue weighted by Gasteiger charge is -2.22. The molecule has 2 atom stereocenters. The van der Waals surface area contributed by atoms with Crippen LogP contribution in [0.1, 0.15) is 133 Å². The van der Waals surface area contributed by atoms with Crippen LogP contribution in [0.25, 0.3) is 11.1 Å². The van der Waals surface area contributed by atoms with Gasteiger partial charge in [0.25, 0.3) is 0 Å². The van der Waals surface area contributed by atoms with Crippen molar-refractivity contribution in [1.29, 1.82) is 0 Å². The maximum atomic E-state index is 4.08. The molecule has 0 radical (unpaired) electrons. The van der Waals surface area contributed by atoms with Crippen LogP contribution in [-0.4, -0.2) is 0 Å². The highest BCUT2D eigenvalue weighted by molar-refractivity contribution is 5.87. The van der Waals surface area contributed by atoms with E-state index in [0.717, 1.165) is 6.42 Å². The second-order valence-corrected chi connectivity index (χ2v) is 14.9. The highest BCUT2D eigenvalue weighted by Gasteiger charge is 2.34. The molecule has 4 aromatic carbocycles. The molecule has 0 nitrogen and oxygen atoms in total. The quantitative estimate of drug-likeness (QED) is 0.142. The standard InChI is InChI=1S/C23H34.C16H18.2C7H8.2CH4/c1-8-12-18(6)20-15-14-19(7)23(16-20)22(13-9-2)21(11-4)17(5)10-3;1-6-12-13-9-8-11(3)10-15(13)16(4,5)14(12)7-2;2*1-7-5-3-2-4-6-7;;/h9,11,13-18H,4,8,10,12H2,1-3,5-7H3;6-10H,1-2H2,3-5H3;2*2-6H,1H3;2*1H4/b13-9-,22-21-;;;;;. The largest absolute Gasteiger partial charge is 0.0988 e. The topological polar surface area (TPSA) is 0 Å². The van der Waals surface area contributed by atoms with Crippen LogP contribution >= 0.6 is 0 Å². The van der Waals surface area contributed by atoms with Crippen LogP contribution in [0.3, 0.4) is 0 Å². The summed E-state index contributed by atoms with van der Waals surface area (Å²) in [7, 11) is 0. The summed E-state index contributed by atoms with van der Waals surface area (Å²) in [5, 5.41) is 0. The van der Waals surface area contributed by atoms with Crippen molar-refractivity contribution < 1.29 is 0 Å². The van der Waals surface area contributed by atoms with Gasteiger partial charge in [0.1, 0.15) is 0 Å². The molecule has 0 aromatic heterocycles. The molecule has 0 fully saturated rings. The van der Waals surface area contributed by atoms with Crippen LogP contribution in [0.4, 0.5) is 0 Å². The van der Waals surface area contributed by atoms with Crippen LogP contribution in [0.15, 0.2) is 158 Å². The monoisotopic (exact) mass is 737 g/mol. The summed E-state index contributed by atoms with van der Waals surface area (Å²) in [5.74, 6) is 1.14. The summed E-state index contributed by atoms with van der Waals surface area (Å²) < 4.78 is 0. The van der Waals surface area contributed by atoms with E-state index in [1.54, 1.807) is 0 Å². The van der Waals surface area contributed by atoms with Crippen molar-refractivity contribution in [1.82, 2.24) is 0 Å². The third-order valence-electron chi connectivity index (χ3n) is 10.2. The molecule has 4 aromatic rings. The van der Waals surface area contributed by atoms with E-state index >= 15 is 0 Å². The van der Waals surface area contributed by atoms with Crippen molar-refractivity contribution in [2.24, 2.45) is 5.92 Å². The minimum absolute atomic E-state index is 0. The third kappa shape index (κ3) is 14.5. The fourth-order valence-electron chi connectivity index (χ4n) is 6.83. The first-order valence-corrected chi connectivity index (χ1v) is 19.6. The predicted molar refractivity (Wildman–Crippen MR) is 253 cm³/mol. The second-order valence-electron chi connectivity index (χ2n) is 14.9. The van der Waals surface area contributed by atoms with E-state index in [1.165, 1.54) is 79.6 Å². The normalized spacial score (nSPS) is 13.7. The van der Waals surface area contributed by atoms with Gasteiger partial charge in [0.15, 0.2) is 0 Å². The van der Waals surface area contributed by atoms with Crippen molar-refractivity contribution in [3.8, 4) is 0 Å². The molecule has 1 aliphatic rings. The molecule has 0 N–H and O–H groups in total. The van der Waals surface area contributed by atoms with Gasteiger partial charge in [-0.2, -0.15) is 0 Å². The first-order chi connectivity index (χ1) is 25.3. The summed E-state index contributed by atoms with van der Waals surface area (Å²) >= 11 is 0. The number of hydrogen-bond acceptors (Lipinski definition) is 0. The van der Waals surface area contributed by atoms with Gasteiger partial charge in [-0.1, -0.05) is 227 Å². The minimum atomic E-state index is 0. The van der Waals surface area contributed by atoms with Crippen LogP contribution in [-0.2, 0) is 5.41 Å². The second kappa shape index (κ2) is 25.4. The highest BCUT2D eigenvalue weighted by atomic mass is 14.4. The predicted octanol–water partition coefficient (Wildman–Crippen LogP) is 17.1. The summed E-state index contributed by atoms with van der Waals surface area (Å²) in [6, 6.07) is 34.1. The molecular formula is C55H76. The Balaban J connectivity index is 0.000000781. The lowest BCUT2D eigenvalue weighted by atomic mass is 9.81. The zero-order valence-electron chi connectivity index (χ0n) is 35.0. The van der Waals surface area contributed by atoms with Crippen molar-refractivity contribution in [3.63, 3.8) is 0 Å². The number of allylic oxidation sites excluding steroid dienone is 9. The highest BCUT2D eigenvalue weighted by Crippen LogP contribution is 2.47. The lowest BCUT2D eigenvalue weighted by Crippen LogP contribution is -2.16. The molecule has 0 spiro atoms. The molecule has 0 saturated heterocycles. The maximum absolute atomic E-state index is 4.08. The fraction of sp³-hybridized carbons (Fsp3) is 0.345. The first-order valence-electron chi connectivity index (χ1n) is 19.6. The molecule has 0 amide bonds. The van der Waals surface area contributed by atoms with E-state index in [1.807, 2.05) is 54.6 Å². The molecule has 0 aliphatic heterocycles. The number of fused-ring (bicyclic) bond motifs is 1. The smallest absolute Gasteiger partial charge is 0.0158 e. The van der Waals surface area contributed by atoms with E-state index < -0.39 is 0 Å². The van der Waals surface area contributed by atoms with E-state index in [0.29, 0.717) is 11.8 Å². The number of aryl methyl sites for hydroxylation is 4. The molecule has 2 unspecified atom stereocenters. The van der Waals surface area contributed by atoms with Crippen LogP contribution in [0, 0.1) is 33.6 Å². The Morgan fingerprint density at radius 1 is 0.709 bits per heavy atom. The van der Waals surface area contributed by atoms with Gasteiger partial charge in [-0.05, 0) is 109 Å². The van der Waals surface area contributed by atoms with Gasteiger partial charge < -0.3 is 0 Å². The van der Waals surface area contributed by atoms with Gasteiger partial charge in [0.2, 0.25) is 0 Å². The van der Waals surface area contributed by atoms with E-state index in [-0.39, 0.29) is 20.3 Å². The lowest BCUT2D eigenvalue weighted by molar-refractivity contribution is 0.654. The van der Waals surface area contributed by atoms with Gasteiger partial charge in [0, 0.05) is 5.41 Å². The summed E-state index contributed by atoms with van der Waals surface area (Å²) in [6.45, 7) is 36.2. The SMILES string of the molecule is C.C.C=C/C(=C(\C=C/C)c1cc(C(C)CCC)ccc1C)C(C)CC.C=CC1=C(C=C)C(C)(C)c2cc(C)ccc21.Cc1ccccc1.Cc1ccccc1. The molecule has 0 heteroatoms. The zero-order valence-corrected chi connectivity index (χ0v) is 35.0. The molecule has 0 heterocycles. The Morgan fingerprint density at radius 3 is 1.69 bits per heavy atom. The Labute approximate surface area is 340 Å². The average molecular weight is 737 g/mol. The van der Waals surface area contributed by atoms with Crippen molar-refractivity contribution in [3.05, 3.63) is 203 Å². The van der Waals surface area contributed by atoms with Gasteiger partial charge >= 0.3 is 0 Å². The van der Waals surface area contributed by atoms with Gasteiger partial charge in [-0.3, -0.25) is 0 Å². The molecule has 0 saturated carbocycles. The van der Waals surface area contributed by atoms with Gasteiger partial charge in [-0.15, -0.1) is 0 Å². The number of rotatable bonds is 10. The molecule has 0 bridgehead atoms. The molecule has 296 valence electrons. The van der Waals surface area contributed by atoms with Crippen LogP contribution in [0.5, 0.6) is 0 Å². The van der Waals surface area contributed by atoms with Crippen molar-refractivity contribution >= 4 is 11.1 Å². The molecule has 55 heavy (non-hydrogen) atoms. The Kier molecular flexibility index (Phi) is 23.2. The summed E-state index contributed by atoms with van der Waals surface area (Å²) in [5.41, 5.74) is 16.0. The zero-order chi connectivity index (χ0) is 39.6. The van der Waals surface area contributed by atoms with Crippen molar-refractivity contribution in [2.75, 3.05) is 0 Å². The Hall–Kier alpha value is -4.68. The third-order valence-corrected chi connectivity index (χ3v) is 10.2. The van der Waals surface area contributed by atoms with Gasteiger partial charge in [0.05, 0.1) is 0 Å². The van der Waals surface area contributed by atoms with Crippen LogP contribution in [0.2, 0.25) is 0 Å². The summed E-state index contributed by atoms with van der Waals surface area (Å²) in [6.07, 6.45) is 13.9. The maximum Gasteiger partial charge on any atom is 0.0158 e. The van der Waals surface area contributed by atoms with E-state index in [4.69, 9.17) is 0 Å². The Morgan fingerprint density at radius 2 is 1.27 bits per heavy atom. The Bertz CT molecular complexity index is 1800. The first kappa shape index (κ1) is 50.3. The van der Waals surface area contributed by atoms with Crippen molar-refractivity contribution in [2.45, 2.75) is 122 Å². The molecule has 1 aliphatic carbocycles. The van der Waals surface area contributed by atoms with E-state index in [9.17, 15) is 0 Å². The average Bonchev–Trinajstić information content (AvgIpc) is 3.37. The molecule has 5 rings (SSSR count). The summed E-state index contributed by atoms with van der Waals surface area (Å²) in [4.78, 5) is 0. The minimum Gasteiger partial charge on any atom is -0.0988 e. The van der Waals surface area contributed by atoms with Crippen LogP contribution < -0.4 is 0 Å². The van der Waals surface area contributed by atoms with E-state index in [2.05, 4.69) is 169 Å². The molecular weight excluding hydrogens is 661 g/mol. The number of hydrogen-bond donors (Lipinski definition) is 0.